The molecule has 1 rings (SSSR count). The summed E-state index contributed by atoms with van der Waals surface area (Å²) in [6.07, 6.45) is 0.985. The topological polar surface area (TPSA) is 0 Å². The lowest BCUT2D eigenvalue weighted by Crippen LogP contribution is -1.80. The Morgan fingerprint density at radius 2 is 1.69 bits per heavy atom. The summed E-state index contributed by atoms with van der Waals surface area (Å²) < 4.78 is 12.5. The van der Waals surface area contributed by atoms with E-state index in [-0.39, 0.29) is 5.83 Å². The van der Waals surface area contributed by atoms with Gasteiger partial charge in [-0.1, -0.05) is 51.6 Å². The lowest BCUT2D eigenvalue weighted by molar-refractivity contribution is 0.763. The molecule has 0 unspecified atom stereocenters. The summed E-state index contributed by atoms with van der Waals surface area (Å²) in [5.74, 6) is -0.368. The molecule has 0 atom stereocenters. The SMILES string of the molecule is C=C(F)c1ccc(CC)cc1.CC. The van der Waals surface area contributed by atoms with Crippen LogP contribution in [0.1, 0.15) is 31.9 Å². The third kappa shape index (κ3) is 3.88. The van der Waals surface area contributed by atoms with Crippen molar-refractivity contribution in [2.24, 2.45) is 0 Å². The number of hydrogen-bond acceptors (Lipinski definition) is 0. The predicted molar refractivity (Wildman–Crippen MR) is 57.3 cm³/mol. The number of aryl methyl sites for hydroxylation is 1. The molecule has 0 fully saturated rings. The van der Waals surface area contributed by atoms with Crippen molar-refractivity contribution in [3.8, 4) is 0 Å². The van der Waals surface area contributed by atoms with Gasteiger partial charge >= 0.3 is 0 Å². The predicted octanol–water partition coefficient (Wildman–Crippen LogP) is 4.22. The summed E-state index contributed by atoms with van der Waals surface area (Å²) >= 11 is 0. The molecule has 0 aliphatic rings. The average molecular weight is 180 g/mol. The highest BCUT2D eigenvalue weighted by Crippen LogP contribution is 2.13. The minimum atomic E-state index is -0.368. The van der Waals surface area contributed by atoms with Crippen LogP contribution in [0.2, 0.25) is 0 Å². The van der Waals surface area contributed by atoms with Gasteiger partial charge in [0.15, 0.2) is 0 Å². The zero-order chi connectivity index (χ0) is 10.3. The van der Waals surface area contributed by atoms with Crippen molar-refractivity contribution in [1.29, 1.82) is 0 Å². The molecule has 0 aliphatic carbocycles. The second-order valence-corrected chi connectivity index (χ2v) is 2.46. The van der Waals surface area contributed by atoms with Crippen LogP contribution in [0.5, 0.6) is 0 Å². The quantitative estimate of drug-likeness (QED) is 0.639. The zero-order valence-electron chi connectivity index (χ0n) is 8.60. The van der Waals surface area contributed by atoms with Gasteiger partial charge in [0.2, 0.25) is 0 Å². The Labute approximate surface area is 80.1 Å². The normalized spacial score (nSPS) is 8.62. The third-order valence-electron chi connectivity index (χ3n) is 1.68. The van der Waals surface area contributed by atoms with Crippen LogP contribution in [0, 0.1) is 0 Å². The van der Waals surface area contributed by atoms with Crippen LogP contribution >= 0.6 is 0 Å². The van der Waals surface area contributed by atoms with Crippen LogP contribution < -0.4 is 0 Å². The molecule has 0 aromatic heterocycles. The molecule has 1 aromatic carbocycles. The fourth-order valence-corrected chi connectivity index (χ4v) is 0.921. The van der Waals surface area contributed by atoms with Crippen molar-refractivity contribution < 1.29 is 4.39 Å². The highest BCUT2D eigenvalue weighted by Gasteiger charge is 1.94. The molecule has 0 bridgehead atoms. The van der Waals surface area contributed by atoms with Crippen LogP contribution in [0.25, 0.3) is 5.83 Å². The van der Waals surface area contributed by atoms with Gasteiger partial charge in [-0.2, -0.15) is 0 Å². The van der Waals surface area contributed by atoms with Crippen LogP contribution in [0.4, 0.5) is 4.39 Å². The maximum atomic E-state index is 12.5. The van der Waals surface area contributed by atoms with Crippen molar-refractivity contribution in [2.75, 3.05) is 0 Å². The van der Waals surface area contributed by atoms with E-state index in [4.69, 9.17) is 0 Å². The van der Waals surface area contributed by atoms with E-state index in [1.165, 1.54) is 5.56 Å². The third-order valence-corrected chi connectivity index (χ3v) is 1.68. The number of hydrogen-bond donors (Lipinski definition) is 0. The standard InChI is InChI=1S/C10H11F.C2H6/c1-3-9-4-6-10(7-5-9)8(2)11;1-2/h4-7H,2-3H2,1H3;1-2H3. The van der Waals surface area contributed by atoms with E-state index in [0.717, 1.165) is 6.42 Å². The van der Waals surface area contributed by atoms with Gasteiger partial charge in [0.25, 0.3) is 0 Å². The van der Waals surface area contributed by atoms with Gasteiger partial charge in [-0.25, -0.2) is 4.39 Å². The second-order valence-electron chi connectivity index (χ2n) is 2.46. The Morgan fingerprint density at radius 3 is 2.00 bits per heavy atom. The van der Waals surface area contributed by atoms with Gasteiger partial charge < -0.3 is 0 Å². The molecule has 0 aliphatic heterocycles. The summed E-state index contributed by atoms with van der Waals surface area (Å²) in [4.78, 5) is 0. The summed E-state index contributed by atoms with van der Waals surface area (Å²) in [6, 6.07) is 7.34. The van der Waals surface area contributed by atoms with Gasteiger partial charge in [0, 0.05) is 5.56 Å². The van der Waals surface area contributed by atoms with Crippen LogP contribution in [0.3, 0.4) is 0 Å². The number of benzene rings is 1. The van der Waals surface area contributed by atoms with Crippen molar-refractivity contribution in [3.05, 3.63) is 42.0 Å². The smallest absolute Gasteiger partial charge is 0.123 e. The monoisotopic (exact) mass is 180 g/mol. The lowest BCUT2D eigenvalue weighted by Gasteiger charge is -1.97. The maximum absolute atomic E-state index is 12.5. The van der Waals surface area contributed by atoms with Gasteiger partial charge in [-0.15, -0.1) is 0 Å². The van der Waals surface area contributed by atoms with Gasteiger partial charge in [-0.3, -0.25) is 0 Å². The Hall–Kier alpha value is -1.11. The first-order valence-electron chi connectivity index (χ1n) is 4.67. The molecular weight excluding hydrogens is 163 g/mol. The van der Waals surface area contributed by atoms with E-state index in [9.17, 15) is 4.39 Å². The summed E-state index contributed by atoms with van der Waals surface area (Å²) in [7, 11) is 0. The Bertz CT molecular complexity index is 246. The molecule has 0 radical (unpaired) electrons. The molecule has 0 N–H and O–H groups in total. The van der Waals surface area contributed by atoms with Crippen LogP contribution in [-0.2, 0) is 6.42 Å². The molecule has 13 heavy (non-hydrogen) atoms. The summed E-state index contributed by atoms with van der Waals surface area (Å²) in [5.41, 5.74) is 1.79. The van der Waals surface area contributed by atoms with E-state index in [2.05, 4.69) is 13.5 Å². The number of rotatable bonds is 2. The first kappa shape index (κ1) is 11.9. The fourth-order valence-electron chi connectivity index (χ4n) is 0.921. The van der Waals surface area contributed by atoms with Crippen molar-refractivity contribution >= 4 is 5.83 Å². The molecule has 1 heteroatoms. The lowest BCUT2D eigenvalue weighted by atomic mass is 10.1. The van der Waals surface area contributed by atoms with Gasteiger partial charge in [0.05, 0.1) is 0 Å². The summed E-state index contributed by atoms with van der Waals surface area (Å²) in [6.45, 7) is 9.28. The summed E-state index contributed by atoms with van der Waals surface area (Å²) in [5, 5.41) is 0. The first-order valence-corrected chi connectivity index (χ1v) is 4.67. The highest BCUT2D eigenvalue weighted by molar-refractivity contribution is 5.56. The largest absolute Gasteiger partial charge is 0.207 e. The molecule has 0 amide bonds. The maximum Gasteiger partial charge on any atom is 0.123 e. The molecule has 1 aromatic rings. The molecular formula is C12H17F. The number of halogens is 1. The second kappa shape index (κ2) is 6.41. The van der Waals surface area contributed by atoms with E-state index in [1.54, 1.807) is 12.1 Å². The van der Waals surface area contributed by atoms with Crippen molar-refractivity contribution in [1.82, 2.24) is 0 Å². The zero-order valence-corrected chi connectivity index (χ0v) is 8.60. The molecule has 0 saturated heterocycles. The minimum absolute atomic E-state index is 0.368. The average Bonchev–Trinajstić information content (AvgIpc) is 2.21. The van der Waals surface area contributed by atoms with E-state index in [1.807, 2.05) is 26.0 Å². The van der Waals surface area contributed by atoms with E-state index < -0.39 is 0 Å². The minimum Gasteiger partial charge on any atom is -0.207 e. The van der Waals surface area contributed by atoms with Crippen molar-refractivity contribution in [3.63, 3.8) is 0 Å². The molecule has 0 heterocycles. The molecule has 0 nitrogen and oxygen atoms in total. The van der Waals surface area contributed by atoms with Crippen LogP contribution in [0.15, 0.2) is 30.8 Å². The first-order chi connectivity index (χ1) is 6.24. The highest BCUT2D eigenvalue weighted by atomic mass is 19.1. The Morgan fingerprint density at radius 1 is 1.23 bits per heavy atom. The van der Waals surface area contributed by atoms with E-state index >= 15 is 0 Å². The molecule has 0 saturated carbocycles. The van der Waals surface area contributed by atoms with Crippen LogP contribution in [-0.4, -0.2) is 0 Å². The Balaban J connectivity index is 0.000000671. The van der Waals surface area contributed by atoms with E-state index in [0.29, 0.717) is 5.56 Å². The Kier molecular flexibility index (Phi) is 5.86. The molecule has 0 spiro atoms. The van der Waals surface area contributed by atoms with Crippen molar-refractivity contribution in [2.45, 2.75) is 27.2 Å². The van der Waals surface area contributed by atoms with Gasteiger partial charge in [0.1, 0.15) is 5.83 Å². The molecule has 72 valence electrons. The fraction of sp³-hybridized carbons (Fsp3) is 0.333. The van der Waals surface area contributed by atoms with Gasteiger partial charge in [-0.05, 0) is 12.0 Å².